The van der Waals surface area contributed by atoms with Crippen LogP contribution in [-0.2, 0) is 0 Å². The van der Waals surface area contributed by atoms with Crippen molar-refractivity contribution in [1.82, 2.24) is 4.90 Å². The van der Waals surface area contributed by atoms with Crippen molar-refractivity contribution in [2.45, 2.75) is 0 Å². The average molecular weight is 181 g/mol. The van der Waals surface area contributed by atoms with Crippen LogP contribution in [-0.4, -0.2) is 37.3 Å². The Morgan fingerprint density at radius 2 is 1.85 bits per heavy atom. The number of rotatable bonds is 4. The number of nitrogens with zero attached hydrogens (tertiary/aromatic N) is 1. The van der Waals surface area contributed by atoms with E-state index in [4.69, 9.17) is 9.84 Å². The lowest BCUT2D eigenvalue weighted by molar-refractivity contribution is 0.261. The predicted octanol–water partition coefficient (Wildman–Crippen LogP) is 1.33. The lowest BCUT2D eigenvalue weighted by atomic mass is 10.3. The third-order valence-corrected chi connectivity index (χ3v) is 1.64. The number of ether oxygens (including phenoxy) is 1. The van der Waals surface area contributed by atoms with Crippen molar-refractivity contribution in [3.63, 3.8) is 0 Å². The van der Waals surface area contributed by atoms with Crippen LogP contribution in [0.5, 0.6) is 11.5 Å². The van der Waals surface area contributed by atoms with Crippen LogP contribution in [0, 0.1) is 0 Å². The first-order valence-electron chi connectivity index (χ1n) is 4.25. The Kier molecular flexibility index (Phi) is 3.58. The van der Waals surface area contributed by atoms with Crippen LogP contribution >= 0.6 is 0 Å². The van der Waals surface area contributed by atoms with Gasteiger partial charge in [-0.15, -0.1) is 0 Å². The second kappa shape index (κ2) is 4.72. The summed E-state index contributed by atoms with van der Waals surface area (Å²) in [7, 11) is 4.00. The molecule has 0 bridgehead atoms. The van der Waals surface area contributed by atoms with E-state index in [9.17, 15) is 0 Å². The standard InChI is InChI=1S/C10H15NO2/c1-11(2)7-8-13-10-5-3-9(12)4-6-10/h3-6,12H,7-8H2,1-2H3. The van der Waals surface area contributed by atoms with E-state index in [0.29, 0.717) is 6.61 Å². The summed E-state index contributed by atoms with van der Waals surface area (Å²) in [5, 5.41) is 9.01. The van der Waals surface area contributed by atoms with E-state index in [1.54, 1.807) is 24.3 Å². The van der Waals surface area contributed by atoms with E-state index in [1.807, 2.05) is 14.1 Å². The van der Waals surface area contributed by atoms with Gasteiger partial charge in [-0.05, 0) is 38.4 Å². The fourth-order valence-electron chi connectivity index (χ4n) is 0.888. The number of aromatic hydroxyl groups is 1. The van der Waals surface area contributed by atoms with Gasteiger partial charge < -0.3 is 14.7 Å². The van der Waals surface area contributed by atoms with E-state index >= 15 is 0 Å². The topological polar surface area (TPSA) is 32.7 Å². The van der Waals surface area contributed by atoms with Crippen LogP contribution in [0.2, 0.25) is 0 Å². The highest BCUT2D eigenvalue weighted by atomic mass is 16.5. The number of hydrogen-bond donors (Lipinski definition) is 1. The van der Waals surface area contributed by atoms with Crippen molar-refractivity contribution in [3.8, 4) is 11.5 Å². The van der Waals surface area contributed by atoms with E-state index in [2.05, 4.69) is 4.90 Å². The van der Waals surface area contributed by atoms with Gasteiger partial charge in [0.25, 0.3) is 0 Å². The molecule has 0 aliphatic rings. The Hall–Kier alpha value is -1.22. The zero-order valence-electron chi connectivity index (χ0n) is 8.03. The molecule has 0 fully saturated rings. The monoisotopic (exact) mass is 181 g/mol. The third kappa shape index (κ3) is 3.80. The molecule has 1 aromatic carbocycles. The zero-order chi connectivity index (χ0) is 9.68. The Balaban J connectivity index is 2.33. The molecule has 1 rings (SSSR count). The van der Waals surface area contributed by atoms with Gasteiger partial charge in [-0.2, -0.15) is 0 Å². The lowest BCUT2D eigenvalue weighted by Gasteiger charge is -2.10. The second-order valence-corrected chi connectivity index (χ2v) is 3.15. The summed E-state index contributed by atoms with van der Waals surface area (Å²) < 4.78 is 5.42. The first kappa shape index (κ1) is 9.86. The highest BCUT2D eigenvalue weighted by Gasteiger charge is 1.94. The number of likely N-dealkylation sites (N-methyl/N-ethyl adjacent to an activating group) is 1. The molecule has 0 amide bonds. The molecule has 1 N–H and O–H groups in total. The van der Waals surface area contributed by atoms with E-state index in [1.165, 1.54) is 0 Å². The Bertz CT molecular complexity index is 244. The summed E-state index contributed by atoms with van der Waals surface area (Å²) in [4.78, 5) is 2.06. The van der Waals surface area contributed by atoms with Crippen molar-refractivity contribution in [2.75, 3.05) is 27.2 Å². The van der Waals surface area contributed by atoms with Gasteiger partial charge in [0, 0.05) is 6.54 Å². The lowest BCUT2D eigenvalue weighted by Crippen LogP contribution is -2.19. The Morgan fingerprint density at radius 1 is 1.23 bits per heavy atom. The average Bonchev–Trinajstić information content (AvgIpc) is 2.08. The number of hydrogen-bond acceptors (Lipinski definition) is 3. The molecular weight excluding hydrogens is 166 g/mol. The molecule has 72 valence electrons. The van der Waals surface area contributed by atoms with Crippen LogP contribution < -0.4 is 4.74 Å². The molecule has 0 atom stereocenters. The van der Waals surface area contributed by atoms with Crippen LogP contribution in [0.3, 0.4) is 0 Å². The van der Waals surface area contributed by atoms with Crippen LogP contribution in [0.4, 0.5) is 0 Å². The van der Waals surface area contributed by atoms with E-state index < -0.39 is 0 Å². The SMILES string of the molecule is CN(C)CCOc1ccc(O)cc1. The summed E-state index contributed by atoms with van der Waals surface area (Å²) in [6.45, 7) is 1.55. The van der Waals surface area contributed by atoms with Gasteiger partial charge in [0.15, 0.2) is 0 Å². The highest BCUT2D eigenvalue weighted by molar-refractivity contribution is 5.29. The van der Waals surface area contributed by atoms with Crippen LogP contribution in [0.15, 0.2) is 24.3 Å². The largest absolute Gasteiger partial charge is 0.508 e. The maximum Gasteiger partial charge on any atom is 0.119 e. The van der Waals surface area contributed by atoms with Crippen LogP contribution in [0.1, 0.15) is 0 Å². The molecule has 0 aromatic heterocycles. The van der Waals surface area contributed by atoms with E-state index in [0.717, 1.165) is 12.3 Å². The van der Waals surface area contributed by atoms with Crippen LogP contribution in [0.25, 0.3) is 0 Å². The first-order chi connectivity index (χ1) is 6.18. The quantitative estimate of drug-likeness (QED) is 0.760. The molecule has 0 aliphatic heterocycles. The van der Waals surface area contributed by atoms with Gasteiger partial charge >= 0.3 is 0 Å². The van der Waals surface area contributed by atoms with Gasteiger partial charge in [-0.3, -0.25) is 0 Å². The molecule has 0 aliphatic carbocycles. The summed E-state index contributed by atoms with van der Waals surface area (Å²) in [5.41, 5.74) is 0. The minimum Gasteiger partial charge on any atom is -0.508 e. The predicted molar refractivity (Wildman–Crippen MR) is 52.2 cm³/mol. The summed E-state index contributed by atoms with van der Waals surface area (Å²) in [6.07, 6.45) is 0. The Labute approximate surface area is 78.6 Å². The van der Waals surface area contributed by atoms with Crippen molar-refractivity contribution in [3.05, 3.63) is 24.3 Å². The maximum absolute atomic E-state index is 9.01. The third-order valence-electron chi connectivity index (χ3n) is 1.64. The fraction of sp³-hybridized carbons (Fsp3) is 0.400. The minimum atomic E-state index is 0.264. The highest BCUT2D eigenvalue weighted by Crippen LogP contribution is 2.15. The molecule has 0 radical (unpaired) electrons. The molecule has 13 heavy (non-hydrogen) atoms. The van der Waals surface area contributed by atoms with Crippen molar-refractivity contribution in [2.24, 2.45) is 0 Å². The summed E-state index contributed by atoms with van der Waals surface area (Å²) in [5.74, 6) is 1.06. The number of benzene rings is 1. The number of phenolic OH excluding ortho intramolecular Hbond substituents is 1. The molecule has 3 nitrogen and oxygen atoms in total. The second-order valence-electron chi connectivity index (χ2n) is 3.15. The molecule has 0 heterocycles. The summed E-state index contributed by atoms with van der Waals surface area (Å²) in [6, 6.07) is 6.74. The molecule has 0 saturated carbocycles. The smallest absolute Gasteiger partial charge is 0.119 e. The zero-order valence-corrected chi connectivity index (χ0v) is 8.03. The fourth-order valence-corrected chi connectivity index (χ4v) is 0.888. The molecule has 0 saturated heterocycles. The molecule has 1 aromatic rings. The summed E-state index contributed by atoms with van der Waals surface area (Å²) >= 11 is 0. The van der Waals surface area contributed by atoms with Gasteiger partial charge in [0.05, 0.1) is 0 Å². The number of phenols is 1. The van der Waals surface area contributed by atoms with Gasteiger partial charge in [-0.25, -0.2) is 0 Å². The van der Waals surface area contributed by atoms with E-state index in [-0.39, 0.29) is 5.75 Å². The van der Waals surface area contributed by atoms with Crippen molar-refractivity contribution >= 4 is 0 Å². The minimum absolute atomic E-state index is 0.264. The normalized spacial score (nSPS) is 10.4. The molecule has 0 spiro atoms. The van der Waals surface area contributed by atoms with Crippen molar-refractivity contribution in [1.29, 1.82) is 0 Å². The molecular formula is C10H15NO2. The van der Waals surface area contributed by atoms with Crippen molar-refractivity contribution < 1.29 is 9.84 Å². The van der Waals surface area contributed by atoms with Gasteiger partial charge in [0.2, 0.25) is 0 Å². The maximum atomic E-state index is 9.01. The van der Waals surface area contributed by atoms with Gasteiger partial charge in [0.1, 0.15) is 18.1 Å². The van der Waals surface area contributed by atoms with Gasteiger partial charge in [-0.1, -0.05) is 0 Å². The first-order valence-corrected chi connectivity index (χ1v) is 4.25. The molecule has 3 heteroatoms. The Morgan fingerprint density at radius 3 is 2.38 bits per heavy atom. The molecule has 0 unspecified atom stereocenters.